The molecular weight excluding hydrogens is 374 g/mol. The standard InChI is InChI=1S/C21H25N3O5/c1-4-8-18(15-9-6-5-7-10-15)22-20(25)14-29-21(26)17-13-16(24(27)28)11-12-19(17)23(2)3/h5-7,9-13,18H,4,8,14H2,1-3H3,(H,22,25). The Hall–Kier alpha value is -3.42. The number of nitrogens with one attached hydrogen (secondary N) is 1. The van der Waals surface area contributed by atoms with E-state index in [4.69, 9.17) is 4.74 Å². The molecule has 0 aliphatic carbocycles. The molecule has 1 unspecified atom stereocenters. The number of nitro benzene ring substituents is 1. The molecule has 0 bridgehead atoms. The summed E-state index contributed by atoms with van der Waals surface area (Å²) in [6, 6.07) is 13.3. The van der Waals surface area contributed by atoms with Gasteiger partial charge in [-0.1, -0.05) is 43.7 Å². The number of carbonyl (C=O) groups excluding carboxylic acids is 2. The Balaban J connectivity index is 2.07. The van der Waals surface area contributed by atoms with Gasteiger partial charge in [0.2, 0.25) is 0 Å². The predicted molar refractivity (Wildman–Crippen MR) is 110 cm³/mol. The average molecular weight is 399 g/mol. The summed E-state index contributed by atoms with van der Waals surface area (Å²) in [5, 5.41) is 13.9. The quantitative estimate of drug-likeness (QED) is 0.393. The van der Waals surface area contributed by atoms with Crippen LogP contribution >= 0.6 is 0 Å². The van der Waals surface area contributed by atoms with Gasteiger partial charge in [-0.15, -0.1) is 0 Å². The number of anilines is 1. The number of nitrogens with zero attached hydrogens (tertiary/aromatic N) is 2. The zero-order valence-corrected chi connectivity index (χ0v) is 16.8. The predicted octanol–water partition coefficient (Wildman–Crippen LogP) is 3.48. The number of hydrogen-bond acceptors (Lipinski definition) is 6. The molecule has 0 aliphatic heterocycles. The molecule has 29 heavy (non-hydrogen) atoms. The van der Waals surface area contributed by atoms with Gasteiger partial charge in [-0.25, -0.2) is 4.79 Å². The lowest BCUT2D eigenvalue weighted by atomic mass is 10.0. The first kappa shape index (κ1) is 21.9. The smallest absolute Gasteiger partial charge is 0.341 e. The third-order valence-electron chi connectivity index (χ3n) is 4.34. The number of esters is 1. The Morgan fingerprint density at radius 3 is 2.45 bits per heavy atom. The van der Waals surface area contributed by atoms with Gasteiger partial charge in [-0.2, -0.15) is 0 Å². The maximum absolute atomic E-state index is 12.5. The van der Waals surface area contributed by atoms with Gasteiger partial charge in [0.1, 0.15) is 0 Å². The molecule has 8 heteroatoms. The van der Waals surface area contributed by atoms with E-state index in [1.54, 1.807) is 19.0 Å². The minimum Gasteiger partial charge on any atom is -0.452 e. The second-order valence-corrected chi connectivity index (χ2v) is 6.75. The lowest BCUT2D eigenvalue weighted by Crippen LogP contribution is -2.32. The molecule has 0 radical (unpaired) electrons. The molecule has 0 heterocycles. The third kappa shape index (κ3) is 6.03. The van der Waals surface area contributed by atoms with Crippen molar-refractivity contribution in [2.24, 2.45) is 0 Å². The zero-order valence-electron chi connectivity index (χ0n) is 16.8. The molecule has 2 aromatic rings. The molecule has 0 saturated heterocycles. The Morgan fingerprint density at radius 1 is 1.17 bits per heavy atom. The molecule has 0 aromatic heterocycles. The van der Waals surface area contributed by atoms with E-state index in [0.29, 0.717) is 5.69 Å². The fourth-order valence-electron chi connectivity index (χ4n) is 2.93. The van der Waals surface area contributed by atoms with E-state index in [9.17, 15) is 19.7 Å². The first-order valence-corrected chi connectivity index (χ1v) is 9.30. The van der Waals surface area contributed by atoms with Gasteiger partial charge < -0.3 is 15.0 Å². The molecule has 2 rings (SSSR count). The van der Waals surface area contributed by atoms with Crippen molar-refractivity contribution < 1.29 is 19.2 Å². The van der Waals surface area contributed by atoms with Crippen LogP contribution in [-0.4, -0.2) is 37.5 Å². The Kier molecular flexibility index (Phi) is 7.70. The topological polar surface area (TPSA) is 102 Å². The summed E-state index contributed by atoms with van der Waals surface area (Å²) in [6.45, 7) is 1.55. The lowest BCUT2D eigenvalue weighted by Gasteiger charge is -2.19. The molecule has 0 aliphatic rings. The van der Waals surface area contributed by atoms with Crippen molar-refractivity contribution in [3.8, 4) is 0 Å². The fourth-order valence-corrected chi connectivity index (χ4v) is 2.93. The molecule has 1 amide bonds. The molecule has 1 atom stereocenters. The second kappa shape index (κ2) is 10.2. The van der Waals surface area contributed by atoms with Crippen LogP contribution in [0.15, 0.2) is 48.5 Å². The van der Waals surface area contributed by atoms with Crippen LogP contribution in [0.2, 0.25) is 0 Å². The van der Waals surface area contributed by atoms with Crippen LogP contribution in [0.4, 0.5) is 11.4 Å². The summed E-state index contributed by atoms with van der Waals surface area (Å²) in [4.78, 5) is 36.9. The van der Waals surface area contributed by atoms with E-state index in [2.05, 4.69) is 5.32 Å². The van der Waals surface area contributed by atoms with E-state index in [-0.39, 0.29) is 17.3 Å². The van der Waals surface area contributed by atoms with Crippen molar-refractivity contribution in [1.29, 1.82) is 0 Å². The number of amides is 1. The van der Waals surface area contributed by atoms with E-state index < -0.39 is 23.4 Å². The van der Waals surface area contributed by atoms with Crippen molar-refractivity contribution in [2.75, 3.05) is 25.6 Å². The highest BCUT2D eigenvalue weighted by Crippen LogP contribution is 2.25. The highest BCUT2D eigenvalue weighted by molar-refractivity contribution is 5.97. The van der Waals surface area contributed by atoms with E-state index in [1.165, 1.54) is 12.1 Å². The number of carbonyl (C=O) groups is 2. The SMILES string of the molecule is CCCC(NC(=O)COC(=O)c1cc([N+](=O)[O-])ccc1N(C)C)c1ccccc1. The molecule has 0 spiro atoms. The van der Waals surface area contributed by atoms with Crippen molar-refractivity contribution in [1.82, 2.24) is 5.32 Å². The van der Waals surface area contributed by atoms with Gasteiger partial charge >= 0.3 is 5.97 Å². The Labute approximate surface area is 169 Å². The van der Waals surface area contributed by atoms with Crippen LogP contribution < -0.4 is 10.2 Å². The normalized spacial score (nSPS) is 11.4. The maximum atomic E-state index is 12.5. The Morgan fingerprint density at radius 2 is 1.86 bits per heavy atom. The number of nitro groups is 1. The maximum Gasteiger partial charge on any atom is 0.341 e. The van der Waals surface area contributed by atoms with Crippen LogP contribution in [0.25, 0.3) is 0 Å². The first-order chi connectivity index (χ1) is 13.8. The Bertz CT molecular complexity index is 868. The highest BCUT2D eigenvalue weighted by atomic mass is 16.6. The van der Waals surface area contributed by atoms with Crippen LogP contribution in [0.5, 0.6) is 0 Å². The summed E-state index contributed by atoms with van der Waals surface area (Å²) in [6.07, 6.45) is 1.62. The van der Waals surface area contributed by atoms with Crippen molar-refractivity contribution in [3.63, 3.8) is 0 Å². The number of benzene rings is 2. The van der Waals surface area contributed by atoms with Crippen LogP contribution in [-0.2, 0) is 9.53 Å². The summed E-state index contributed by atoms with van der Waals surface area (Å²) in [5.74, 6) is -1.23. The van der Waals surface area contributed by atoms with Gasteiger partial charge in [0.15, 0.2) is 6.61 Å². The number of ether oxygens (including phenoxy) is 1. The minimum atomic E-state index is -0.792. The van der Waals surface area contributed by atoms with Crippen molar-refractivity contribution >= 4 is 23.3 Å². The van der Waals surface area contributed by atoms with Gasteiger partial charge in [0.05, 0.1) is 22.2 Å². The summed E-state index contributed by atoms with van der Waals surface area (Å²) >= 11 is 0. The molecule has 0 fully saturated rings. The van der Waals surface area contributed by atoms with E-state index in [1.807, 2.05) is 37.3 Å². The number of non-ortho nitro benzene ring substituents is 1. The third-order valence-corrected chi connectivity index (χ3v) is 4.34. The lowest BCUT2D eigenvalue weighted by molar-refractivity contribution is -0.384. The second-order valence-electron chi connectivity index (χ2n) is 6.75. The molecular formula is C21H25N3O5. The van der Waals surface area contributed by atoms with Gasteiger partial charge in [-0.05, 0) is 18.1 Å². The average Bonchev–Trinajstić information content (AvgIpc) is 2.71. The van der Waals surface area contributed by atoms with E-state index >= 15 is 0 Å². The summed E-state index contributed by atoms with van der Waals surface area (Å²) < 4.78 is 5.13. The van der Waals surface area contributed by atoms with Gasteiger partial charge in [-0.3, -0.25) is 14.9 Å². The number of rotatable bonds is 9. The monoisotopic (exact) mass is 399 g/mol. The first-order valence-electron chi connectivity index (χ1n) is 9.30. The molecule has 8 nitrogen and oxygen atoms in total. The highest BCUT2D eigenvalue weighted by Gasteiger charge is 2.21. The number of hydrogen-bond donors (Lipinski definition) is 1. The van der Waals surface area contributed by atoms with Gasteiger partial charge in [0, 0.05) is 26.2 Å². The zero-order chi connectivity index (χ0) is 21.4. The van der Waals surface area contributed by atoms with Crippen LogP contribution in [0, 0.1) is 10.1 Å². The van der Waals surface area contributed by atoms with Crippen molar-refractivity contribution in [2.45, 2.75) is 25.8 Å². The molecule has 2 aromatic carbocycles. The van der Waals surface area contributed by atoms with E-state index in [0.717, 1.165) is 24.5 Å². The summed E-state index contributed by atoms with van der Waals surface area (Å²) in [5.41, 5.74) is 1.25. The van der Waals surface area contributed by atoms with Crippen molar-refractivity contribution in [3.05, 3.63) is 69.8 Å². The fraction of sp³-hybridized carbons (Fsp3) is 0.333. The van der Waals surface area contributed by atoms with Gasteiger partial charge in [0.25, 0.3) is 11.6 Å². The molecule has 154 valence electrons. The largest absolute Gasteiger partial charge is 0.452 e. The van der Waals surface area contributed by atoms with Crippen LogP contribution in [0.1, 0.15) is 41.7 Å². The molecule has 1 N–H and O–H groups in total. The molecule has 0 saturated carbocycles. The minimum absolute atomic E-state index is 0.0326. The van der Waals surface area contributed by atoms with Crippen LogP contribution in [0.3, 0.4) is 0 Å². The summed E-state index contributed by atoms with van der Waals surface area (Å²) in [7, 11) is 3.42.